The maximum atomic E-state index is 12.6. The predicted octanol–water partition coefficient (Wildman–Crippen LogP) is 4.95. The number of benzene rings is 1. The molecule has 0 spiro atoms. The topological polar surface area (TPSA) is 109 Å². The van der Waals surface area contributed by atoms with Crippen molar-refractivity contribution in [2.45, 2.75) is 71.3 Å². The molecule has 0 aliphatic heterocycles. The van der Waals surface area contributed by atoms with Crippen LogP contribution in [0, 0.1) is 18.3 Å². The SMILES string of the molecule is Cc1ncc(Nc2cc(C#N)cc(C(C)(C)C)c2)cc1-n1cc(C(=O)NC2CCCCC2)nn1. The van der Waals surface area contributed by atoms with Crippen molar-refractivity contribution < 1.29 is 4.79 Å². The van der Waals surface area contributed by atoms with E-state index in [1.54, 1.807) is 17.1 Å². The number of aromatic nitrogens is 4. The van der Waals surface area contributed by atoms with Crippen molar-refractivity contribution in [3.8, 4) is 11.8 Å². The molecule has 0 radical (unpaired) electrons. The molecule has 0 saturated heterocycles. The molecule has 2 heterocycles. The van der Waals surface area contributed by atoms with Gasteiger partial charge in [0, 0.05) is 11.7 Å². The number of carbonyl (C=O) groups excluding carboxylic acids is 1. The Morgan fingerprint density at radius 3 is 2.59 bits per heavy atom. The molecule has 1 aromatic carbocycles. The highest BCUT2D eigenvalue weighted by Gasteiger charge is 2.20. The number of anilines is 2. The number of hydrogen-bond donors (Lipinski definition) is 2. The smallest absolute Gasteiger partial charge is 0.273 e. The minimum atomic E-state index is -0.193. The van der Waals surface area contributed by atoms with Crippen LogP contribution in [0.3, 0.4) is 0 Å². The number of nitrogens with zero attached hydrogens (tertiary/aromatic N) is 5. The van der Waals surface area contributed by atoms with Crippen molar-refractivity contribution in [2.24, 2.45) is 0 Å². The number of amides is 1. The summed E-state index contributed by atoms with van der Waals surface area (Å²) in [4.78, 5) is 17.1. The van der Waals surface area contributed by atoms with Crippen molar-refractivity contribution in [3.05, 3.63) is 59.2 Å². The van der Waals surface area contributed by atoms with Gasteiger partial charge >= 0.3 is 0 Å². The molecule has 1 amide bonds. The maximum absolute atomic E-state index is 12.6. The fraction of sp³-hybridized carbons (Fsp3) is 0.423. The Kier molecular flexibility index (Phi) is 6.64. The number of nitriles is 1. The standard InChI is InChI=1S/C26H31N7O/c1-17-24(33-16-23(31-32-33)25(34)30-20-8-6-5-7-9-20)13-22(15-28-17)29-21-11-18(14-27)10-19(12-21)26(2,3)4/h10-13,15-16,20,29H,5-9H2,1-4H3,(H,30,34). The van der Waals surface area contributed by atoms with Gasteiger partial charge in [-0.25, -0.2) is 4.68 Å². The average molecular weight is 458 g/mol. The molecule has 176 valence electrons. The van der Waals surface area contributed by atoms with Gasteiger partial charge in [-0.05, 0) is 55.0 Å². The molecule has 1 saturated carbocycles. The third-order valence-electron chi connectivity index (χ3n) is 6.19. The van der Waals surface area contributed by atoms with E-state index in [1.165, 1.54) is 6.42 Å². The van der Waals surface area contributed by atoms with Gasteiger partial charge in [-0.15, -0.1) is 5.10 Å². The van der Waals surface area contributed by atoms with Crippen LogP contribution in [0.25, 0.3) is 5.69 Å². The van der Waals surface area contributed by atoms with Crippen molar-refractivity contribution >= 4 is 17.3 Å². The van der Waals surface area contributed by atoms with E-state index in [9.17, 15) is 10.1 Å². The van der Waals surface area contributed by atoms with E-state index >= 15 is 0 Å². The maximum Gasteiger partial charge on any atom is 0.273 e. The molecule has 2 N–H and O–H groups in total. The van der Waals surface area contributed by atoms with Gasteiger partial charge in [0.1, 0.15) is 0 Å². The summed E-state index contributed by atoms with van der Waals surface area (Å²) in [5.41, 5.74) is 4.91. The number of aryl methyl sites for hydroxylation is 1. The molecular weight excluding hydrogens is 426 g/mol. The van der Waals surface area contributed by atoms with E-state index in [4.69, 9.17) is 0 Å². The summed E-state index contributed by atoms with van der Waals surface area (Å²) in [5, 5.41) is 24.2. The Morgan fingerprint density at radius 2 is 1.88 bits per heavy atom. The van der Waals surface area contributed by atoms with Gasteiger partial charge in [0.05, 0.1) is 41.1 Å². The van der Waals surface area contributed by atoms with E-state index in [2.05, 4.69) is 52.8 Å². The van der Waals surface area contributed by atoms with Crippen molar-refractivity contribution in [1.82, 2.24) is 25.3 Å². The minimum Gasteiger partial charge on any atom is -0.354 e. The zero-order valence-electron chi connectivity index (χ0n) is 20.2. The number of pyridine rings is 1. The average Bonchev–Trinajstić information content (AvgIpc) is 3.30. The summed E-state index contributed by atoms with van der Waals surface area (Å²) in [6.45, 7) is 8.24. The number of nitrogens with one attached hydrogen (secondary N) is 2. The van der Waals surface area contributed by atoms with Crippen LogP contribution in [0.5, 0.6) is 0 Å². The largest absolute Gasteiger partial charge is 0.354 e. The molecule has 1 aliphatic rings. The van der Waals surface area contributed by atoms with E-state index in [0.717, 1.165) is 54.0 Å². The zero-order chi connectivity index (χ0) is 24.3. The fourth-order valence-corrected chi connectivity index (χ4v) is 4.18. The van der Waals surface area contributed by atoms with Gasteiger partial charge in [0.25, 0.3) is 5.91 Å². The third-order valence-corrected chi connectivity index (χ3v) is 6.19. The molecule has 8 nitrogen and oxygen atoms in total. The van der Waals surface area contributed by atoms with Crippen LogP contribution in [-0.2, 0) is 5.41 Å². The van der Waals surface area contributed by atoms with Crippen LogP contribution in [0.1, 0.15) is 80.2 Å². The van der Waals surface area contributed by atoms with E-state index < -0.39 is 0 Å². The van der Waals surface area contributed by atoms with Crippen LogP contribution in [0.15, 0.2) is 36.7 Å². The summed E-state index contributed by atoms with van der Waals surface area (Å²) in [7, 11) is 0. The summed E-state index contributed by atoms with van der Waals surface area (Å²) >= 11 is 0. The monoisotopic (exact) mass is 457 g/mol. The summed E-state index contributed by atoms with van der Waals surface area (Å²) in [6, 6.07) is 10.1. The van der Waals surface area contributed by atoms with E-state index in [-0.39, 0.29) is 17.4 Å². The Morgan fingerprint density at radius 1 is 1.12 bits per heavy atom. The molecule has 34 heavy (non-hydrogen) atoms. The lowest BCUT2D eigenvalue weighted by Gasteiger charge is -2.22. The summed E-state index contributed by atoms with van der Waals surface area (Å²) in [6.07, 6.45) is 8.94. The molecule has 0 unspecified atom stereocenters. The Bertz CT molecular complexity index is 1230. The van der Waals surface area contributed by atoms with Gasteiger partial charge in [-0.1, -0.05) is 45.2 Å². The second kappa shape index (κ2) is 9.64. The molecule has 0 bridgehead atoms. The van der Waals surface area contributed by atoms with E-state index in [0.29, 0.717) is 11.3 Å². The molecule has 1 aliphatic carbocycles. The first-order chi connectivity index (χ1) is 16.2. The summed E-state index contributed by atoms with van der Waals surface area (Å²) in [5.74, 6) is -0.193. The van der Waals surface area contributed by atoms with Crippen LogP contribution >= 0.6 is 0 Å². The second-order valence-corrected chi connectivity index (χ2v) is 9.97. The molecule has 0 atom stereocenters. The first-order valence-electron chi connectivity index (χ1n) is 11.8. The molecule has 8 heteroatoms. The molecular formula is C26H31N7O. The number of rotatable bonds is 5. The van der Waals surface area contributed by atoms with Gasteiger partial charge < -0.3 is 10.6 Å². The fourth-order valence-electron chi connectivity index (χ4n) is 4.18. The second-order valence-electron chi connectivity index (χ2n) is 9.97. The van der Waals surface area contributed by atoms with Crippen molar-refractivity contribution in [1.29, 1.82) is 5.26 Å². The molecule has 4 rings (SSSR count). The lowest BCUT2D eigenvalue weighted by Crippen LogP contribution is -2.36. The van der Waals surface area contributed by atoms with Gasteiger partial charge in [0.2, 0.25) is 0 Å². The Hall–Kier alpha value is -3.73. The predicted molar refractivity (Wildman–Crippen MR) is 131 cm³/mol. The highest BCUT2D eigenvalue weighted by atomic mass is 16.2. The molecule has 1 fully saturated rings. The van der Waals surface area contributed by atoms with Crippen molar-refractivity contribution in [2.75, 3.05) is 5.32 Å². The van der Waals surface area contributed by atoms with Crippen LogP contribution < -0.4 is 10.6 Å². The molecule has 3 aromatic rings. The van der Waals surface area contributed by atoms with Crippen LogP contribution in [-0.4, -0.2) is 31.9 Å². The number of carbonyl (C=O) groups is 1. The lowest BCUT2D eigenvalue weighted by molar-refractivity contribution is 0.0922. The third kappa shape index (κ3) is 5.42. The number of hydrogen-bond acceptors (Lipinski definition) is 6. The Labute approximate surface area is 200 Å². The first-order valence-corrected chi connectivity index (χ1v) is 11.8. The highest BCUT2D eigenvalue weighted by Crippen LogP contribution is 2.28. The quantitative estimate of drug-likeness (QED) is 0.561. The van der Waals surface area contributed by atoms with Gasteiger partial charge in [-0.2, -0.15) is 5.26 Å². The van der Waals surface area contributed by atoms with Gasteiger partial charge in [0.15, 0.2) is 5.69 Å². The lowest BCUT2D eigenvalue weighted by atomic mass is 9.86. The van der Waals surface area contributed by atoms with Crippen molar-refractivity contribution in [3.63, 3.8) is 0 Å². The minimum absolute atomic E-state index is 0.0880. The van der Waals surface area contributed by atoms with Gasteiger partial charge in [-0.3, -0.25) is 9.78 Å². The molecule has 2 aromatic heterocycles. The van der Waals surface area contributed by atoms with Crippen LogP contribution in [0.4, 0.5) is 11.4 Å². The summed E-state index contributed by atoms with van der Waals surface area (Å²) < 4.78 is 1.58. The Balaban J connectivity index is 1.55. The first kappa shape index (κ1) is 23.4. The van der Waals surface area contributed by atoms with Crippen LogP contribution in [0.2, 0.25) is 0 Å². The zero-order valence-corrected chi connectivity index (χ0v) is 20.2. The highest BCUT2D eigenvalue weighted by molar-refractivity contribution is 5.92. The van der Waals surface area contributed by atoms with E-state index in [1.807, 2.05) is 31.2 Å². The normalized spacial score (nSPS) is 14.4.